The van der Waals surface area contributed by atoms with Crippen molar-refractivity contribution in [2.24, 2.45) is 0 Å². The lowest BCUT2D eigenvalue weighted by Crippen LogP contribution is -2.22. The number of aryl methyl sites for hydroxylation is 1. The van der Waals surface area contributed by atoms with Crippen molar-refractivity contribution in [2.45, 2.75) is 32.1 Å². The molecule has 1 amide bonds. The number of carbonyl (C=O) groups excluding carboxylic acids is 1. The van der Waals surface area contributed by atoms with Crippen LogP contribution in [0.2, 0.25) is 0 Å². The first kappa shape index (κ1) is 12.0. The molecule has 1 aromatic carbocycles. The van der Waals surface area contributed by atoms with Gasteiger partial charge < -0.3 is 4.98 Å². The van der Waals surface area contributed by atoms with Gasteiger partial charge in [0.2, 0.25) is 5.91 Å². The average Bonchev–Trinajstić information content (AvgIpc) is 3.20. The van der Waals surface area contributed by atoms with E-state index < -0.39 is 0 Å². The molecule has 3 aromatic rings. The molecule has 0 fully saturated rings. The zero-order valence-corrected chi connectivity index (χ0v) is 12.0. The Hall–Kier alpha value is -2.63. The maximum absolute atomic E-state index is 12.6. The van der Waals surface area contributed by atoms with E-state index in [-0.39, 0.29) is 5.91 Å². The molecule has 1 aliphatic heterocycles. The number of rotatable bonds is 1. The van der Waals surface area contributed by atoms with Gasteiger partial charge in [0.1, 0.15) is 0 Å². The number of amides is 1. The first-order valence-corrected chi connectivity index (χ1v) is 7.66. The van der Waals surface area contributed by atoms with Crippen LogP contribution in [0.1, 0.15) is 29.7 Å². The Kier molecular flexibility index (Phi) is 2.28. The van der Waals surface area contributed by atoms with Crippen LogP contribution in [0.15, 0.2) is 18.5 Å². The number of imidazole rings is 1. The van der Waals surface area contributed by atoms with Crippen LogP contribution in [0, 0.1) is 0 Å². The summed E-state index contributed by atoms with van der Waals surface area (Å²) in [5.74, 6) is 0.871. The van der Waals surface area contributed by atoms with Crippen LogP contribution < -0.4 is 4.90 Å². The van der Waals surface area contributed by atoms with Gasteiger partial charge in [0.25, 0.3) is 0 Å². The van der Waals surface area contributed by atoms with Gasteiger partial charge in [-0.15, -0.1) is 0 Å². The lowest BCUT2D eigenvalue weighted by Gasteiger charge is -2.18. The summed E-state index contributed by atoms with van der Waals surface area (Å²) in [5.41, 5.74) is 6.19. The predicted molar refractivity (Wildman–Crippen MR) is 82.2 cm³/mol. The van der Waals surface area contributed by atoms with Crippen LogP contribution in [0.25, 0.3) is 11.0 Å². The van der Waals surface area contributed by atoms with E-state index in [4.69, 9.17) is 0 Å². The van der Waals surface area contributed by atoms with E-state index in [2.05, 4.69) is 20.2 Å². The highest BCUT2D eigenvalue weighted by atomic mass is 16.2. The zero-order chi connectivity index (χ0) is 14.7. The summed E-state index contributed by atoms with van der Waals surface area (Å²) >= 11 is 0. The minimum Gasteiger partial charge on any atom is -0.345 e. The lowest BCUT2D eigenvalue weighted by molar-refractivity contribution is -0.116. The van der Waals surface area contributed by atoms with E-state index in [1.54, 1.807) is 11.2 Å². The molecule has 2 aliphatic rings. The van der Waals surface area contributed by atoms with Crippen molar-refractivity contribution in [3.63, 3.8) is 0 Å². The minimum absolute atomic E-state index is 0.0857. The van der Waals surface area contributed by atoms with Gasteiger partial charge in [-0.1, -0.05) is 0 Å². The summed E-state index contributed by atoms with van der Waals surface area (Å²) in [4.78, 5) is 21.7. The van der Waals surface area contributed by atoms with E-state index in [1.807, 2.05) is 12.1 Å². The van der Waals surface area contributed by atoms with Crippen molar-refractivity contribution >= 4 is 28.4 Å². The van der Waals surface area contributed by atoms with Gasteiger partial charge in [-0.2, -0.15) is 5.10 Å². The van der Waals surface area contributed by atoms with Crippen LogP contribution in [0.4, 0.5) is 11.5 Å². The van der Waals surface area contributed by atoms with E-state index in [0.29, 0.717) is 6.42 Å². The highest BCUT2D eigenvalue weighted by molar-refractivity contribution is 6.08. The van der Waals surface area contributed by atoms with Crippen molar-refractivity contribution in [1.82, 2.24) is 20.2 Å². The molecule has 0 atom stereocenters. The molecular formula is C16H15N5O. The fourth-order valence-corrected chi connectivity index (χ4v) is 3.62. The third-order valence-corrected chi connectivity index (χ3v) is 4.70. The molecule has 0 spiro atoms. The van der Waals surface area contributed by atoms with Crippen molar-refractivity contribution < 1.29 is 4.79 Å². The maximum Gasteiger partial charge on any atom is 0.237 e. The van der Waals surface area contributed by atoms with Gasteiger partial charge in [0, 0.05) is 11.3 Å². The van der Waals surface area contributed by atoms with Gasteiger partial charge >= 0.3 is 0 Å². The number of aromatic nitrogens is 4. The maximum atomic E-state index is 12.6. The Morgan fingerprint density at radius 3 is 3.05 bits per heavy atom. The quantitative estimate of drug-likeness (QED) is 0.723. The Morgan fingerprint density at radius 1 is 1.18 bits per heavy atom. The molecule has 0 saturated carbocycles. The number of nitrogens with one attached hydrogen (secondary N) is 2. The summed E-state index contributed by atoms with van der Waals surface area (Å²) in [6.45, 7) is 0. The molecule has 0 radical (unpaired) electrons. The van der Waals surface area contributed by atoms with Crippen molar-refractivity contribution in [3.8, 4) is 0 Å². The van der Waals surface area contributed by atoms with E-state index >= 15 is 0 Å². The van der Waals surface area contributed by atoms with Gasteiger partial charge in [-0.3, -0.25) is 14.8 Å². The molecule has 0 unspecified atom stereocenters. The summed E-state index contributed by atoms with van der Waals surface area (Å²) in [6.07, 6.45) is 6.47. The van der Waals surface area contributed by atoms with Crippen LogP contribution in [0.3, 0.4) is 0 Å². The predicted octanol–water partition coefficient (Wildman–Crippen LogP) is 2.39. The number of aromatic amines is 2. The Balaban J connectivity index is 1.70. The molecule has 0 bridgehead atoms. The normalized spacial score (nSPS) is 17.1. The number of carbonyl (C=O) groups is 1. The highest BCUT2D eigenvalue weighted by Gasteiger charge is 2.33. The number of H-pyrrole nitrogens is 2. The lowest BCUT2D eigenvalue weighted by atomic mass is 9.97. The largest absolute Gasteiger partial charge is 0.345 e. The second-order valence-corrected chi connectivity index (χ2v) is 6.02. The van der Waals surface area contributed by atoms with Crippen LogP contribution in [0.5, 0.6) is 0 Å². The van der Waals surface area contributed by atoms with Gasteiger partial charge in [0.05, 0.1) is 29.5 Å². The second-order valence-electron chi connectivity index (χ2n) is 6.02. The number of hydrogen-bond acceptors (Lipinski definition) is 3. The van der Waals surface area contributed by atoms with E-state index in [0.717, 1.165) is 47.4 Å². The molecule has 3 heterocycles. The van der Waals surface area contributed by atoms with Gasteiger partial charge in [-0.05, 0) is 43.4 Å². The molecule has 6 nitrogen and oxygen atoms in total. The first-order valence-electron chi connectivity index (χ1n) is 7.66. The van der Waals surface area contributed by atoms with Crippen LogP contribution >= 0.6 is 0 Å². The Labute approximate surface area is 126 Å². The van der Waals surface area contributed by atoms with Crippen molar-refractivity contribution in [2.75, 3.05) is 4.90 Å². The fraction of sp³-hybridized carbons (Fsp3) is 0.312. The van der Waals surface area contributed by atoms with Gasteiger partial charge in [0.15, 0.2) is 5.82 Å². The standard InChI is InChI=1S/C16H15N5O/c22-15-6-9-5-12-13(18-8-17-12)7-14(9)21(15)16-10-3-1-2-4-11(10)19-20-16/h5,7-8H,1-4,6H2,(H,17,18)(H,19,20). The molecule has 110 valence electrons. The third-order valence-electron chi connectivity index (χ3n) is 4.70. The zero-order valence-electron chi connectivity index (χ0n) is 12.0. The topological polar surface area (TPSA) is 77.7 Å². The SMILES string of the molecule is O=C1Cc2cc3[nH]cnc3cc2N1c1n[nH]c2c1CCCC2. The summed E-state index contributed by atoms with van der Waals surface area (Å²) in [7, 11) is 0. The minimum atomic E-state index is 0.0857. The number of anilines is 2. The van der Waals surface area contributed by atoms with Crippen molar-refractivity contribution in [1.29, 1.82) is 0 Å². The summed E-state index contributed by atoms with van der Waals surface area (Å²) < 4.78 is 0. The first-order chi connectivity index (χ1) is 10.8. The van der Waals surface area contributed by atoms with Gasteiger partial charge in [-0.25, -0.2) is 4.98 Å². The van der Waals surface area contributed by atoms with Crippen LogP contribution in [-0.2, 0) is 24.1 Å². The number of fused-ring (bicyclic) bond motifs is 3. The van der Waals surface area contributed by atoms with Crippen LogP contribution in [-0.4, -0.2) is 26.1 Å². The number of benzene rings is 1. The Morgan fingerprint density at radius 2 is 2.09 bits per heavy atom. The Bertz CT molecular complexity index is 907. The number of nitrogens with zero attached hydrogens (tertiary/aromatic N) is 3. The molecule has 1 aliphatic carbocycles. The fourth-order valence-electron chi connectivity index (χ4n) is 3.62. The monoisotopic (exact) mass is 293 g/mol. The summed E-state index contributed by atoms with van der Waals surface area (Å²) in [5, 5.41) is 7.57. The summed E-state index contributed by atoms with van der Waals surface area (Å²) in [6, 6.07) is 4.00. The van der Waals surface area contributed by atoms with Crippen molar-refractivity contribution in [3.05, 3.63) is 35.3 Å². The number of hydrogen-bond donors (Lipinski definition) is 2. The molecule has 6 heteroatoms. The smallest absolute Gasteiger partial charge is 0.237 e. The van der Waals surface area contributed by atoms with E-state index in [9.17, 15) is 4.79 Å². The molecule has 5 rings (SSSR count). The third kappa shape index (κ3) is 1.52. The van der Waals surface area contributed by atoms with E-state index in [1.165, 1.54) is 17.7 Å². The average molecular weight is 293 g/mol. The molecule has 0 saturated heterocycles. The second kappa shape index (κ2) is 4.19. The molecular weight excluding hydrogens is 278 g/mol. The molecule has 22 heavy (non-hydrogen) atoms. The molecule has 2 aromatic heterocycles. The highest BCUT2D eigenvalue weighted by Crippen LogP contribution is 2.39. The molecule has 2 N–H and O–H groups in total.